The summed E-state index contributed by atoms with van der Waals surface area (Å²) in [6, 6.07) is 0. The molecule has 0 spiro atoms. The molecule has 0 radical (unpaired) electrons. The largest absolute Gasteiger partial charge is 0.394 e. The second-order valence-corrected chi connectivity index (χ2v) is 4.08. The number of aliphatic hydroxyl groups excluding tert-OH is 2. The molecule has 0 amide bonds. The summed E-state index contributed by atoms with van der Waals surface area (Å²) in [5.74, 6) is 0.266. The monoisotopic (exact) mass is 243 g/mol. The number of aromatic nitrogens is 2. The summed E-state index contributed by atoms with van der Waals surface area (Å²) in [6.45, 7) is -0.147. The summed E-state index contributed by atoms with van der Waals surface area (Å²) < 4.78 is 6.92. The Hall–Kier alpha value is -1.19. The third-order valence-electron chi connectivity index (χ3n) is 2.82. The van der Waals surface area contributed by atoms with E-state index in [4.69, 9.17) is 27.0 Å². The molecule has 1 fully saturated rings. The van der Waals surface area contributed by atoms with Crippen molar-refractivity contribution in [2.24, 2.45) is 11.5 Å². The van der Waals surface area contributed by atoms with Gasteiger partial charge in [0, 0.05) is 6.42 Å². The summed E-state index contributed by atoms with van der Waals surface area (Å²) in [4.78, 5) is 3.98. The molecule has 0 unspecified atom stereocenters. The van der Waals surface area contributed by atoms with Gasteiger partial charge in [0.2, 0.25) is 0 Å². The van der Waals surface area contributed by atoms with Gasteiger partial charge in [-0.1, -0.05) is 0 Å². The van der Waals surface area contributed by atoms with Gasteiger partial charge in [-0.25, -0.2) is 4.98 Å². The summed E-state index contributed by atoms with van der Waals surface area (Å²) in [5, 5.41) is 18.8. The molecule has 0 aromatic carbocycles. The van der Waals surface area contributed by atoms with Crippen LogP contribution in [-0.2, 0) is 4.74 Å². The van der Waals surface area contributed by atoms with E-state index in [2.05, 4.69) is 4.98 Å². The first kappa shape index (κ1) is 12.3. The average Bonchev–Trinajstić information content (AvgIpc) is 2.81. The Kier molecular flexibility index (Phi) is 3.31. The molecule has 1 aliphatic rings. The number of imidazole rings is 1. The highest BCUT2D eigenvalue weighted by Gasteiger charge is 2.36. The lowest BCUT2D eigenvalue weighted by Gasteiger charge is -2.17. The number of nitrogens with zero attached hydrogens (tertiary/aromatic N) is 2. The average molecular weight is 243 g/mol. The van der Waals surface area contributed by atoms with Crippen LogP contribution in [0.4, 0.5) is 5.82 Å². The summed E-state index contributed by atoms with van der Waals surface area (Å²) in [5.41, 5.74) is 17.2. The Labute approximate surface area is 98.0 Å². The zero-order valence-electron chi connectivity index (χ0n) is 9.23. The van der Waals surface area contributed by atoms with Gasteiger partial charge in [0.05, 0.1) is 25.2 Å². The standard InChI is InChI=1S/C9H17N5O3/c10-7(11)6-8(12)14(3-13-6)9-5(16)1-4(2-15)17-9/h3-5,7,9,15-16H,1-2,10-12H2/t4-,5-,9+/m0/s1. The highest BCUT2D eigenvalue weighted by atomic mass is 16.5. The van der Waals surface area contributed by atoms with Gasteiger partial charge < -0.3 is 32.2 Å². The number of hydrogen-bond acceptors (Lipinski definition) is 7. The highest BCUT2D eigenvalue weighted by molar-refractivity contribution is 5.38. The zero-order valence-corrected chi connectivity index (χ0v) is 9.23. The minimum Gasteiger partial charge on any atom is -0.394 e. The quantitative estimate of drug-likeness (QED) is 0.387. The van der Waals surface area contributed by atoms with Crippen LogP contribution < -0.4 is 17.2 Å². The van der Waals surface area contributed by atoms with Crippen LogP contribution in [0.5, 0.6) is 0 Å². The van der Waals surface area contributed by atoms with Gasteiger partial charge in [-0.15, -0.1) is 0 Å². The molecule has 2 heterocycles. The van der Waals surface area contributed by atoms with E-state index in [1.165, 1.54) is 10.9 Å². The van der Waals surface area contributed by atoms with E-state index in [0.29, 0.717) is 12.1 Å². The van der Waals surface area contributed by atoms with Gasteiger partial charge in [0.15, 0.2) is 6.23 Å². The van der Waals surface area contributed by atoms with Crippen LogP contribution in [0.25, 0.3) is 0 Å². The third kappa shape index (κ3) is 2.13. The molecular weight excluding hydrogens is 226 g/mol. The maximum atomic E-state index is 9.81. The molecule has 8 N–H and O–H groups in total. The van der Waals surface area contributed by atoms with Crippen molar-refractivity contribution in [1.29, 1.82) is 0 Å². The van der Waals surface area contributed by atoms with Crippen LogP contribution in [0.2, 0.25) is 0 Å². The fraction of sp³-hybridized carbons (Fsp3) is 0.667. The maximum absolute atomic E-state index is 9.81. The van der Waals surface area contributed by atoms with Crippen molar-refractivity contribution in [2.75, 3.05) is 12.3 Å². The predicted octanol–water partition coefficient (Wildman–Crippen LogP) is -1.98. The van der Waals surface area contributed by atoms with Crippen LogP contribution in [0.3, 0.4) is 0 Å². The smallest absolute Gasteiger partial charge is 0.163 e. The van der Waals surface area contributed by atoms with Gasteiger partial charge in [0.1, 0.15) is 17.6 Å². The van der Waals surface area contributed by atoms with Crippen molar-refractivity contribution in [2.45, 2.75) is 31.0 Å². The van der Waals surface area contributed by atoms with Crippen LogP contribution in [0, 0.1) is 0 Å². The number of hydrogen-bond donors (Lipinski definition) is 5. The maximum Gasteiger partial charge on any atom is 0.163 e. The molecule has 1 aromatic rings. The van der Waals surface area contributed by atoms with E-state index in [-0.39, 0.29) is 12.4 Å². The molecule has 8 heteroatoms. The molecule has 8 nitrogen and oxygen atoms in total. The van der Waals surface area contributed by atoms with E-state index in [1.807, 2.05) is 0 Å². The van der Waals surface area contributed by atoms with Crippen molar-refractivity contribution in [3.8, 4) is 0 Å². The van der Waals surface area contributed by atoms with Gasteiger partial charge in [-0.3, -0.25) is 4.57 Å². The predicted molar refractivity (Wildman–Crippen MR) is 59.4 cm³/mol. The van der Waals surface area contributed by atoms with Crippen LogP contribution in [0.1, 0.15) is 24.5 Å². The molecule has 0 aliphatic carbocycles. The lowest BCUT2D eigenvalue weighted by atomic mass is 10.2. The number of nitrogen functional groups attached to an aromatic ring is 1. The molecule has 0 bridgehead atoms. The van der Waals surface area contributed by atoms with Crippen molar-refractivity contribution < 1.29 is 14.9 Å². The molecule has 0 saturated carbocycles. The first-order valence-corrected chi connectivity index (χ1v) is 5.32. The zero-order chi connectivity index (χ0) is 12.6. The molecule has 96 valence electrons. The Bertz CT molecular complexity index is 394. The number of ether oxygens (including phenoxy) is 1. The molecular formula is C9H17N5O3. The Balaban J connectivity index is 2.23. The van der Waals surface area contributed by atoms with E-state index in [9.17, 15) is 5.11 Å². The molecule has 1 aliphatic heterocycles. The van der Waals surface area contributed by atoms with Gasteiger partial charge in [-0.05, 0) is 0 Å². The van der Waals surface area contributed by atoms with Gasteiger partial charge in [-0.2, -0.15) is 0 Å². The highest BCUT2D eigenvalue weighted by Crippen LogP contribution is 2.31. The Morgan fingerprint density at radius 2 is 2.29 bits per heavy atom. The van der Waals surface area contributed by atoms with E-state index < -0.39 is 24.6 Å². The van der Waals surface area contributed by atoms with Gasteiger partial charge in [0.25, 0.3) is 0 Å². The summed E-state index contributed by atoms with van der Waals surface area (Å²) in [6.07, 6.45) is -0.804. The van der Waals surface area contributed by atoms with Crippen LogP contribution >= 0.6 is 0 Å². The molecule has 17 heavy (non-hydrogen) atoms. The molecule has 1 saturated heterocycles. The first-order valence-electron chi connectivity index (χ1n) is 5.32. The van der Waals surface area contributed by atoms with Gasteiger partial charge >= 0.3 is 0 Å². The Morgan fingerprint density at radius 1 is 1.59 bits per heavy atom. The Morgan fingerprint density at radius 3 is 2.76 bits per heavy atom. The van der Waals surface area contributed by atoms with Crippen molar-refractivity contribution >= 4 is 5.82 Å². The molecule has 3 atom stereocenters. The summed E-state index contributed by atoms with van der Waals surface area (Å²) >= 11 is 0. The first-order chi connectivity index (χ1) is 8.04. The minimum atomic E-state index is -0.775. The number of aliphatic hydroxyl groups is 2. The SMILES string of the molecule is Nc1c(C(N)N)ncn1[C@@H]1O[C@H](CO)C[C@@H]1O. The fourth-order valence-corrected chi connectivity index (χ4v) is 1.94. The molecule has 1 aromatic heterocycles. The number of anilines is 1. The fourth-order valence-electron chi connectivity index (χ4n) is 1.94. The second-order valence-electron chi connectivity index (χ2n) is 4.08. The topological polar surface area (TPSA) is 146 Å². The van der Waals surface area contributed by atoms with E-state index in [1.54, 1.807) is 0 Å². The number of nitrogens with two attached hydrogens (primary N) is 3. The van der Waals surface area contributed by atoms with Crippen LogP contribution in [-0.4, -0.2) is 38.6 Å². The van der Waals surface area contributed by atoms with Crippen molar-refractivity contribution in [1.82, 2.24) is 9.55 Å². The van der Waals surface area contributed by atoms with E-state index >= 15 is 0 Å². The van der Waals surface area contributed by atoms with Crippen molar-refractivity contribution in [3.63, 3.8) is 0 Å². The minimum absolute atomic E-state index is 0.147. The van der Waals surface area contributed by atoms with Crippen LogP contribution in [0.15, 0.2) is 6.33 Å². The normalized spacial score (nSPS) is 29.1. The summed E-state index contributed by atoms with van der Waals surface area (Å²) in [7, 11) is 0. The lowest BCUT2D eigenvalue weighted by molar-refractivity contribution is -0.0494. The third-order valence-corrected chi connectivity index (χ3v) is 2.82. The second kappa shape index (κ2) is 4.59. The molecule has 2 rings (SSSR count). The van der Waals surface area contributed by atoms with E-state index in [0.717, 1.165) is 0 Å². The number of rotatable bonds is 3. The van der Waals surface area contributed by atoms with Crippen molar-refractivity contribution in [3.05, 3.63) is 12.0 Å². The lowest BCUT2D eigenvalue weighted by Crippen LogP contribution is -2.24.